The number of rotatable bonds is 0. The van der Waals surface area contributed by atoms with Gasteiger partial charge in [0.2, 0.25) is 0 Å². The van der Waals surface area contributed by atoms with Crippen molar-refractivity contribution in [3.8, 4) is 22.5 Å². The molecule has 0 N–H and O–H groups in total. The van der Waals surface area contributed by atoms with Crippen molar-refractivity contribution in [1.82, 2.24) is 13.5 Å². The van der Waals surface area contributed by atoms with E-state index in [1.165, 1.54) is 176 Å². The highest BCUT2D eigenvalue weighted by atomic mass is 15.1. The van der Waals surface area contributed by atoms with Gasteiger partial charge in [0, 0.05) is 60.0 Å². The van der Waals surface area contributed by atoms with Crippen molar-refractivity contribution in [1.29, 1.82) is 0 Å². The first-order chi connectivity index (χ1) is 39.0. The fraction of sp³-hybridized carbons (Fsp3) is 0.316. The summed E-state index contributed by atoms with van der Waals surface area (Å²) in [5.41, 5.74) is 31.7. The van der Waals surface area contributed by atoms with E-state index in [2.05, 4.69) is 272 Å². The molecule has 17 rings (SSSR count). The first-order valence-electron chi connectivity index (χ1n) is 30.9. The predicted molar refractivity (Wildman–Crippen MR) is 357 cm³/mol. The SMILES string of the molecule is CC(C)(C)c1ccc2c(c1)C1(c3cc(C(C)(C)C)ccc3-2)c2ccc3c4c2-n2c5c(cc(C(C)(C)C)cc5c5cc(C(C)(C)C)cc1c52)B4c1cc2c(c4cccc5c6ccc(C(C)(C)C)cc6n2c54)c2c4ccc(C(C)(C)C)cc4n-3c12. The second kappa shape index (κ2) is 14.8. The quantitative estimate of drug-likeness (QED) is 0.134. The number of hydrogen-bond acceptors (Lipinski definition) is 0. The molecule has 0 fully saturated rings. The lowest BCUT2D eigenvalue weighted by Gasteiger charge is -2.45. The third kappa shape index (κ3) is 5.99. The zero-order valence-corrected chi connectivity index (χ0v) is 52.1. The van der Waals surface area contributed by atoms with E-state index in [4.69, 9.17) is 0 Å². The van der Waals surface area contributed by atoms with Crippen LogP contribution < -0.4 is 16.4 Å². The molecule has 0 unspecified atom stereocenters. The summed E-state index contributed by atoms with van der Waals surface area (Å²) in [5.74, 6) is 0. The predicted octanol–water partition coefficient (Wildman–Crippen LogP) is 18.6. The minimum Gasteiger partial charge on any atom is -0.310 e. The molecule has 4 aliphatic rings. The molecule has 0 radical (unpaired) electrons. The summed E-state index contributed by atoms with van der Waals surface area (Å²) in [7, 11) is 0. The summed E-state index contributed by atoms with van der Waals surface area (Å²) in [6, 6.07) is 55.6. The van der Waals surface area contributed by atoms with Crippen LogP contribution in [-0.2, 0) is 37.9 Å². The van der Waals surface area contributed by atoms with E-state index in [0.717, 1.165) is 0 Å². The van der Waals surface area contributed by atoms with Crippen LogP contribution in [0.5, 0.6) is 0 Å². The van der Waals surface area contributed by atoms with E-state index in [9.17, 15) is 0 Å². The first kappa shape index (κ1) is 50.0. The van der Waals surface area contributed by atoms with Gasteiger partial charge >= 0.3 is 0 Å². The molecule has 0 bridgehead atoms. The van der Waals surface area contributed by atoms with Gasteiger partial charge in [-0.3, -0.25) is 0 Å². The molecule has 4 heteroatoms. The van der Waals surface area contributed by atoms with Crippen molar-refractivity contribution in [2.45, 2.75) is 163 Å². The maximum absolute atomic E-state index is 2.83. The Hall–Kier alpha value is -7.56. The highest BCUT2D eigenvalue weighted by molar-refractivity contribution is 7.00. The molecule has 9 aromatic carbocycles. The van der Waals surface area contributed by atoms with Gasteiger partial charge in [-0.05, 0) is 152 Å². The molecular weight excluding hydrogens is 1000 g/mol. The molecule has 0 saturated heterocycles. The largest absolute Gasteiger partial charge is 0.310 e. The van der Waals surface area contributed by atoms with Gasteiger partial charge in [0.15, 0.2) is 0 Å². The third-order valence-corrected chi connectivity index (χ3v) is 21.0. The monoisotopic (exact) mass is 1080 g/mol. The molecule has 13 aromatic rings. The summed E-state index contributed by atoms with van der Waals surface area (Å²) < 4.78 is 8.28. The lowest BCUT2D eigenvalue weighted by atomic mass is 9.33. The minimum absolute atomic E-state index is 0.00995. The minimum atomic E-state index is -0.635. The van der Waals surface area contributed by atoms with Crippen LogP contribution in [0.1, 0.15) is 180 Å². The van der Waals surface area contributed by atoms with E-state index in [1.54, 1.807) is 0 Å². The molecule has 83 heavy (non-hydrogen) atoms. The number of aromatic nitrogens is 3. The Kier molecular flexibility index (Phi) is 8.95. The van der Waals surface area contributed by atoms with Crippen LogP contribution in [-0.4, -0.2) is 20.2 Å². The molecule has 4 aromatic heterocycles. The molecule has 0 saturated carbocycles. The maximum Gasteiger partial charge on any atom is 0.252 e. The van der Waals surface area contributed by atoms with E-state index in [1.807, 2.05) is 0 Å². The lowest BCUT2D eigenvalue weighted by Crippen LogP contribution is -2.60. The Labute approximate surface area is 489 Å². The summed E-state index contributed by atoms with van der Waals surface area (Å²) in [6.45, 7) is 43.0. The van der Waals surface area contributed by atoms with Gasteiger partial charge in [0.05, 0.1) is 38.5 Å². The fourth-order valence-electron chi connectivity index (χ4n) is 16.6. The van der Waals surface area contributed by atoms with E-state index >= 15 is 0 Å². The molecular formula is C79H76BN3. The molecule has 410 valence electrons. The number of benzene rings is 9. The molecule has 1 spiro atoms. The van der Waals surface area contributed by atoms with Crippen LogP contribution in [0.3, 0.4) is 0 Å². The molecule has 7 heterocycles. The maximum atomic E-state index is 2.83. The molecule has 3 aliphatic heterocycles. The van der Waals surface area contributed by atoms with Gasteiger partial charge in [-0.15, -0.1) is 0 Å². The summed E-state index contributed by atoms with van der Waals surface area (Å²) in [5, 5.41) is 10.8. The fourth-order valence-corrected chi connectivity index (χ4v) is 16.6. The topological polar surface area (TPSA) is 14.3 Å². The van der Waals surface area contributed by atoms with Crippen LogP contribution in [0, 0.1) is 0 Å². The second-order valence-electron chi connectivity index (χ2n) is 32.2. The van der Waals surface area contributed by atoms with Crippen LogP contribution in [0.2, 0.25) is 0 Å². The van der Waals surface area contributed by atoms with Crippen molar-refractivity contribution in [2.75, 3.05) is 0 Å². The number of para-hydroxylation sites is 1. The Morgan fingerprint density at radius 2 is 0.831 bits per heavy atom. The Balaban J connectivity index is 1.14. The average molecular weight is 1080 g/mol. The summed E-state index contributed by atoms with van der Waals surface area (Å²) >= 11 is 0. The van der Waals surface area contributed by atoms with Crippen molar-refractivity contribution in [2.24, 2.45) is 0 Å². The Morgan fingerprint density at radius 1 is 0.325 bits per heavy atom. The van der Waals surface area contributed by atoms with Crippen molar-refractivity contribution in [3.05, 3.63) is 189 Å². The van der Waals surface area contributed by atoms with Crippen molar-refractivity contribution in [3.63, 3.8) is 0 Å². The zero-order valence-electron chi connectivity index (χ0n) is 52.1. The van der Waals surface area contributed by atoms with Gasteiger partial charge in [0.1, 0.15) is 0 Å². The summed E-state index contributed by atoms with van der Waals surface area (Å²) in [4.78, 5) is 0. The number of fused-ring (bicyclic) bond motifs is 21. The van der Waals surface area contributed by atoms with Crippen LogP contribution in [0.4, 0.5) is 0 Å². The van der Waals surface area contributed by atoms with Crippen LogP contribution in [0.15, 0.2) is 133 Å². The Bertz CT molecular complexity index is 5130. The van der Waals surface area contributed by atoms with Gasteiger partial charge in [0.25, 0.3) is 6.71 Å². The van der Waals surface area contributed by atoms with Crippen molar-refractivity contribution < 1.29 is 0 Å². The van der Waals surface area contributed by atoms with Gasteiger partial charge in [-0.1, -0.05) is 222 Å². The average Bonchev–Trinajstić information content (AvgIpc) is 1.56. The molecule has 1 aliphatic carbocycles. The smallest absolute Gasteiger partial charge is 0.252 e. The summed E-state index contributed by atoms with van der Waals surface area (Å²) in [6.07, 6.45) is 0. The third-order valence-electron chi connectivity index (χ3n) is 21.0. The molecule has 3 nitrogen and oxygen atoms in total. The number of hydrogen-bond donors (Lipinski definition) is 0. The van der Waals surface area contributed by atoms with E-state index < -0.39 is 5.41 Å². The van der Waals surface area contributed by atoms with E-state index in [-0.39, 0.29) is 39.2 Å². The highest BCUT2D eigenvalue weighted by Crippen LogP contribution is 2.63. The molecule has 0 amide bonds. The Morgan fingerprint density at radius 3 is 1.43 bits per heavy atom. The zero-order chi connectivity index (χ0) is 57.8. The van der Waals surface area contributed by atoms with Crippen molar-refractivity contribution >= 4 is 105 Å². The molecule has 0 atom stereocenters. The number of nitrogens with zero attached hydrogens (tertiary/aromatic N) is 3. The van der Waals surface area contributed by atoms with Crippen LogP contribution >= 0.6 is 0 Å². The van der Waals surface area contributed by atoms with E-state index in [0.29, 0.717) is 0 Å². The highest BCUT2D eigenvalue weighted by Gasteiger charge is 2.55. The normalized spacial score (nSPS) is 15.4. The second-order valence-corrected chi connectivity index (χ2v) is 32.2. The first-order valence-corrected chi connectivity index (χ1v) is 30.9. The van der Waals surface area contributed by atoms with Gasteiger partial charge in [-0.2, -0.15) is 0 Å². The van der Waals surface area contributed by atoms with Gasteiger partial charge < -0.3 is 13.5 Å². The standard InChI is InChI=1S/C79H76BN3/c1-73(2,3)41-22-26-47-48-27-23-42(74(4,5)6)35-57(48)79(56(47)34-41)55-30-31-61-67-71(55)83-69-53(32-45(36-58(69)79)77(13,14)15)54-33-46(78(16,17)18)37-59(70(54)83)80(67)60-40-64-65(66-51-29-25-44(76(10,11)12)39-63(51)81(61)72(60)66)52-21-19-20-50-49-28-24-43(75(7,8)9)38-62(49)82(64)68(50)52/h19-40H,1-18H3. The van der Waals surface area contributed by atoms with Crippen LogP contribution in [0.25, 0.3) is 104 Å². The van der Waals surface area contributed by atoms with Gasteiger partial charge in [-0.25, -0.2) is 0 Å². The lowest BCUT2D eigenvalue weighted by molar-refractivity contribution is 0.583.